The second kappa shape index (κ2) is 5.11. The molecule has 0 spiro atoms. The summed E-state index contributed by atoms with van der Waals surface area (Å²) < 4.78 is 1.70. The molecule has 21 heavy (non-hydrogen) atoms. The minimum Gasteiger partial charge on any atom is -0.382 e. The Morgan fingerprint density at radius 3 is 2.95 bits per heavy atom. The van der Waals surface area contributed by atoms with E-state index in [9.17, 15) is 0 Å². The largest absolute Gasteiger partial charge is 0.382 e. The first-order valence-corrected chi connectivity index (χ1v) is 7.62. The highest BCUT2D eigenvalue weighted by molar-refractivity contribution is 5.53. The topological polar surface area (TPSA) is 58.9 Å². The third kappa shape index (κ3) is 2.40. The van der Waals surface area contributed by atoms with Crippen molar-refractivity contribution in [3.63, 3.8) is 0 Å². The van der Waals surface area contributed by atoms with Crippen LogP contribution in [0.3, 0.4) is 0 Å². The molecule has 6 heteroatoms. The summed E-state index contributed by atoms with van der Waals surface area (Å²) in [4.78, 5) is 2.58. The molecule has 3 unspecified atom stereocenters. The van der Waals surface area contributed by atoms with Crippen LogP contribution in [0.2, 0.25) is 0 Å². The van der Waals surface area contributed by atoms with E-state index in [1.54, 1.807) is 11.0 Å². The molecule has 0 amide bonds. The predicted octanol–water partition coefficient (Wildman–Crippen LogP) is 1.48. The fourth-order valence-corrected chi connectivity index (χ4v) is 3.63. The van der Waals surface area contributed by atoms with Gasteiger partial charge >= 0.3 is 0 Å². The van der Waals surface area contributed by atoms with E-state index in [0.29, 0.717) is 6.04 Å². The first kappa shape index (κ1) is 12.8. The van der Waals surface area contributed by atoms with Crippen LogP contribution in [-0.4, -0.2) is 50.8 Å². The van der Waals surface area contributed by atoms with Crippen LogP contribution in [0.15, 0.2) is 24.5 Å². The van der Waals surface area contributed by atoms with Crippen LogP contribution in [-0.2, 0) is 0 Å². The van der Waals surface area contributed by atoms with Crippen molar-refractivity contribution in [1.82, 2.24) is 25.1 Å². The molecule has 3 heterocycles. The molecule has 1 aromatic heterocycles. The van der Waals surface area contributed by atoms with Gasteiger partial charge in [0.05, 0.1) is 5.69 Å². The molecule has 4 rings (SSSR count). The first-order valence-electron chi connectivity index (χ1n) is 7.62. The average Bonchev–Trinajstić information content (AvgIpc) is 3.13. The van der Waals surface area contributed by atoms with Gasteiger partial charge < -0.3 is 10.2 Å². The van der Waals surface area contributed by atoms with E-state index in [1.165, 1.54) is 43.7 Å². The lowest BCUT2D eigenvalue weighted by atomic mass is 9.94. The summed E-state index contributed by atoms with van der Waals surface area (Å²) in [6, 6.07) is 7.02. The van der Waals surface area contributed by atoms with Gasteiger partial charge in [-0.05, 0) is 66.4 Å². The number of hydrogen-bond acceptors (Lipinski definition) is 5. The quantitative estimate of drug-likeness (QED) is 0.925. The summed E-state index contributed by atoms with van der Waals surface area (Å²) in [5.41, 5.74) is 3.41. The van der Waals surface area contributed by atoms with Gasteiger partial charge in [0, 0.05) is 24.8 Å². The van der Waals surface area contributed by atoms with Crippen molar-refractivity contribution in [1.29, 1.82) is 0 Å². The minimum absolute atomic E-state index is 0.613. The van der Waals surface area contributed by atoms with Crippen molar-refractivity contribution in [3.8, 4) is 5.69 Å². The van der Waals surface area contributed by atoms with Gasteiger partial charge in [-0.3, -0.25) is 0 Å². The maximum atomic E-state index is 3.95. The summed E-state index contributed by atoms with van der Waals surface area (Å²) in [7, 11) is 0. The zero-order valence-corrected chi connectivity index (χ0v) is 12.2. The van der Waals surface area contributed by atoms with E-state index in [-0.39, 0.29) is 0 Å². The van der Waals surface area contributed by atoms with Gasteiger partial charge in [0.2, 0.25) is 0 Å². The van der Waals surface area contributed by atoms with E-state index in [1.807, 2.05) is 0 Å². The predicted molar refractivity (Wildman–Crippen MR) is 80.5 cm³/mol. The highest BCUT2D eigenvalue weighted by Crippen LogP contribution is 2.30. The van der Waals surface area contributed by atoms with Crippen LogP contribution in [0, 0.1) is 12.8 Å². The van der Waals surface area contributed by atoms with Crippen molar-refractivity contribution in [2.75, 3.05) is 25.0 Å². The van der Waals surface area contributed by atoms with Crippen LogP contribution in [0.25, 0.3) is 5.69 Å². The second-order valence-electron chi connectivity index (χ2n) is 6.14. The highest BCUT2D eigenvalue weighted by atomic mass is 15.5. The summed E-state index contributed by atoms with van der Waals surface area (Å²) in [5.74, 6) is 0.804. The smallest absolute Gasteiger partial charge is 0.143 e. The molecule has 2 bridgehead atoms. The van der Waals surface area contributed by atoms with Gasteiger partial charge in [-0.2, -0.15) is 0 Å². The lowest BCUT2D eigenvalue weighted by Gasteiger charge is -2.31. The van der Waals surface area contributed by atoms with Gasteiger partial charge in [0.25, 0.3) is 0 Å². The molecule has 1 N–H and O–H groups in total. The summed E-state index contributed by atoms with van der Waals surface area (Å²) in [6.45, 7) is 5.87. The molecule has 0 saturated carbocycles. The molecular formula is C15H20N6. The van der Waals surface area contributed by atoms with E-state index >= 15 is 0 Å². The molecule has 0 aliphatic carbocycles. The van der Waals surface area contributed by atoms with Gasteiger partial charge in [0.15, 0.2) is 0 Å². The Morgan fingerprint density at radius 2 is 2.14 bits per heavy atom. The van der Waals surface area contributed by atoms with Crippen molar-refractivity contribution < 1.29 is 0 Å². The van der Waals surface area contributed by atoms with Gasteiger partial charge in [-0.15, -0.1) is 5.10 Å². The van der Waals surface area contributed by atoms with Crippen molar-refractivity contribution in [3.05, 3.63) is 30.1 Å². The fraction of sp³-hybridized carbons (Fsp3) is 0.533. The Labute approximate surface area is 124 Å². The van der Waals surface area contributed by atoms with Crippen LogP contribution in [0.4, 0.5) is 5.69 Å². The number of aryl methyl sites for hydroxylation is 1. The number of benzene rings is 1. The standard InChI is InChI=1S/C15H20N6/c1-11-8-13(2-3-15(11)21-10-16-18-19-21)17-14-5-7-20-6-4-12(14)9-20/h2-3,8,10,12,14,17H,4-7,9H2,1H3. The fourth-order valence-electron chi connectivity index (χ4n) is 3.63. The SMILES string of the molecule is Cc1cc(NC2CCN3CCC2C3)ccc1-n1cnnn1. The molecule has 3 atom stereocenters. The number of aromatic nitrogens is 4. The minimum atomic E-state index is 0.613. The van der Waals surface area contributed by atoms with Crippen LogP contribution < -0.4 is 5.32 Å². The Balaban J connectivity index is 1.52. The summed E-state index contributed by atoms with van der Waals surface area (Å²) in [5, 5.41) is 15.1. The van der Waals surface area contributed by atoms with Gasteiger partial charge in [-0.1, -0.05) is 0 Å². The summed E-state index contributed by atoms with van der Waals surface area (Å²) >= 11 is 0. The third-order valence-corrected chi connectivity index (χ3v) is 4.78. The molecule has 2 fully saturated rings. The van der Waals surface area contributed by atoms with E-state index < -0.39 is 0 Å². The van der Waals surface area contributed by atoms with Crippen molar-refractivity contribution >= 4 is 5.69 Å². The van der Waals surface area contributed by atoms with Crippen molar-refractivity contribution in [2.45, 2.75) is 25.8 Å². The number of piperidine rings is 1. The number of rotatable bonds is 3. The van der Waals surface area contributed by atoms with Crippen LogP contribution in [0.1, 0.15) is 18.4 Å². The van der Waals surface area contributed by atoms with Gasteiger partial charge in [-0.25, -0.2) is 4.68 Å². The van der Waals surface area contributed by atoms with Crippen LogP contribution in [0.5, 0.6) is 0 Å². The Bertz CT molecular complexity index is 623. The molecule has 6 nitrogen and oxygen atoms in total. The molecule has 0 radical (unpaired) electrons. The summed E-state index contributed by atoms with van der Waals surface area (Å²) in [6.07, 6.45) is 4.21. The number of nitrogens with one attached hydrogen (secondary N) is 1. The molecular weight excluding hydrogens is 264 g/mol. The Morgan fingerprint density at radius 1 is 1.24 bits per heavy atom. The highest BCUT2D eigenvalue weighted by Gasteiger charge is 2.34. The van der Waals surface area contributed by atoms with E-state index in [0.717, 1.165) is 11.6 Å². The number of anilines is 1. The molecule has 2 saturated heterocycles. The number of nitrogens with zero attached hydrogens (tertiary/aromatic N) is 5. The molecule has 110 valence electrons. The molecule has 2 aliphatic rings. The monoisotopic (exact) mass is 284 g/mol. The Hall–Kier alpha value is -1.95. The number of tetrazole rings is 1. The first-order chi connectivity index (χ1) is 10.3. The molecule has 2 aliphatic heterocycles. The zero-order valence-electron chi connectivity index (χ0n) is 12.2. The zero-order chi connectivity index (χ0) is 14.2. The van der Waals surface area contributed by atoms with E-state index in [2.05, 4.69) is 50.9 Å². The van der Waals surface area contributed by atoms with Crippen LogP contribution >= 0.6 is 0 Å². The average molecular weight is 284 g/mol. The van der Waals surface area contributed by atoms with Crippen molar-refractivity contribution in [2.24, 2.45) is 5.92 Å². The maximum Gasteiger partial charge on any atom is 0.143 e. The lowest BCUT2D eigenvalue weighted by Crippen LogP contribution is -2.39. The van der Waals surface area contributed by atoms with E-state index in [4.69, 9.17) is 0 Å². The maximum absolute atomic E-state index is 3.95. The Kier molecular flexibility index (Phi) is 3.11. The number of hydrogen-bond donors (Lipinski definition) is 1. The molecule has 2 aromatic rings. The third-order valence-electron chi connectivity index (χ3n) is 4.78. The van der Waals surface area contributed by atoms with Gasteiger partial charge in [0.1, 0.15) is 6.33 Å². The number of fused-ring (bicyclic) bond motifs is 2. The molecule has 1 aromatic carbocycles. The normalized spacial score (nSPS) is 27.8. The lowest BCUT2D eigenvalue weighted by molar-refractivity contribution is 0.255. The second-order valence-corrected chi connectivity index (χ2v) is 6.14.